The summed E-state index contributed by atoms with van der Waals surface area (Å²) in [6.07, 6.45) is 3.50. The van der Waals surface area contributed by atoms with E-state index in [4.69, 9.17) is 9.47 Å². The van der Waals surface area contributed by atoms with Crippen molar-refractivity contribution in [1.29, 1.82) is 0 Å². The van der Waals surface area contributed by atoms with Crippen LogP contribution in [0.25, 0.3) is 11.0 Å². The molecule has 3 heterocycles. The Labute approximate surface area is 129 Å². The van der Waals surface area contributed by atoms with Gasteiger partial charge in [-0.2, -0.15) is 0 Å². The van der Waals surface area contributed by atoms with Gasteiger partial charge < -0.3 is 19.3 Å². The second-order valence-electron chi connectivity index (χ2n) is 5.58. The summed E-state index contributed by atoms with van der Waals surface area (Å²) in [6, 6.07) is 4.33. The monoisotopic (exact) mass is 300 g/mol. The number of morpholine rings is 2. The molecule has 6 heteroatoms. The molecule has 0 unspecified atom stereocenters. The first-order chi connectivity index (χ1) is 10.9. The average molecular weight is 300 g/mol. The van der Waals surface area contributed by atoms with Crippen LogP contribution in [-0.4, -0.2) is 62.6 Å². The third-order valence-electron chi connectivity index (χ3n) is 4.27. The second kappa shape index (κ2) is 6.06. The van der Waals surface area contributed by atoms with E-state index in [-0.39, 0.29) is 0 Å². The van der Waals surface area contributed by atoms with E-state index >= 15 is 0 Å². The minimum absolute atomic E-state index is 0.779. The molecule has 0 saturated carbocycles. The molecule has 0 bridgehead atoms. The van der Waals surface area contributed by atoms with Crippen LogP contribution in [0.15, 0.2) is 24.5 Å². The van der Waals surface area contributed by atoms with Gasteiger partial charge >= 0.3 is 0 Å². The molecule has 2 fully saturated rings. The van der Waals surface area contributed by atoms with Crippen molar-refractivity contribution in [1.82, 2.24) is 9.97 Å². The van der Waals surface area contributed by atoms with Gasteiger partial charge in [0.05, 0.1) is 48.8 Å². The topological polar surface area (TPSA) is 50.7 Å². The van der Waals surface area contributed by atoms with Crippen LogP contribution in [0.4, 0.5) is 11.4 Å². The lowest BCUT2D eigenvalue weighted by atomic mass is 10.1. The van der Waals surface area contributed by atoms with E-state index in [1.807, 2.05) is 0 Å². The van der Waals surface area contributed by atoms with Gasteiger partial charge in [0.2, 0.25) is 0 Å². The molecule has 116 valence electrons. The Balaban J connectivity index is 1.79. The molecule has 2 aliphatic heterocycles. The van der Waals surface area contributed by atoms with Crippen LogP contribution >= 0.6 is 0 Å². The van der Waals surface area contributed by atoms with Crippen molar-refractivity contribution in [3.05, 3.63) is 24.5 Å². The highest BCUT2D eigenvalue weighted by molar-refractivity contribution is 5.88. The summed E-state index contributed by atoms with van der Waals surface area (Å²) < 4.78 is 11.0. The van der Waals surface area contributed by atoms with E-state index in [1.165, 1.54) is 11.4 Å². The average Bonchev–Trinajstić information content (AvgIpc) is 2.62. The fourth-order valence-corrected chi connectivity index (χ4v) is 3.10. The van der Waals surface area contributed by atoms with Gasteiger partial charge in [-0.15, -0.1) is 0 Å². The summed E-state index contributed by atoms with van der Waals surface area (Å²) in [7, 11) is 0. The first-order valence-corrected chi connectivity index (χ1v) is 7.82. The highest BCUT2D eigenvalue weighted by Crippen LogP contribution is 2.33. The van der Waals surface area contributed by atoms with Crippen molar-refractivity contribution in [3.63, 3.8) is 0 Å². The molecule has 6 nitrogen and oxygen atoms in total. The van der Waals surface area contributed by atoms with Gasteiger partial charge in [0.25, 0.3) is 0 Å². The molecule has 22 heavy (non-hydrogen) atoms. The molecule has 4 rings (SSSR count). The quantitative estimate of drug-likeness (QED) is 0.833. The van der Waals surface area contributed by atoms with Crippen LogP contribution in [0.1, 0.15) is 0 Å². The first-order valence-electron chi connectivity index (χ1n) is 7.82. The first kappa shape index (κ1) is 13.7. The van der Waals surface area contributed by atoms with Crippen LogP contribution < -0.4 is 9.80 Å². The van der Waals surface area contributed by atoms with Gasteiger partial charge in [-0.3, -0.25) is 9.97 Å². The number of hydrogen-bond acceptors (Lipinski definition) is 6. The summed E-state index contributed by atoms with van der Waals surface area (Å²) in [5.41, 5.74) is 4.36. The van der Waals surface area contributed by atoms with Gasteiger partial charge in [0.15, 0.2) is 0 Å². The normalized spacial score (nSPS) is 19.6. The predicted molar refractivity (Wildman–Crippen MR) is 85.6 cm³/mol. The Morgan fingerprint density at radius 2 is 1.09 bits per heavy atom. The highest BCUT2D eigenvalue weighted by Gasteiger charge is 2.21. The van der Waals surface area contributed by atoms with Crippen molar-refractivity contribution in [2.24, 2.45) is 0 Å². The van der Waals surface area contributed by atoms with Gasteiger partial charge in [0.1, 0.15) is 0 Å². The molecule has 1 aromatic heterocycles. The summed E-state index contributed by atoms with van der Waals surface area (Å²) in [6.45, 7) is 6.79. The Bertz CT molecular complexity index is 595. The minimum Gasteiger partial charge on any atom is -0.378 e. The fourth-order valence-electron chi connectivity index (χ4n) is 3.10. The third-order valence-corrected chi connectivity index (χ3v) is 4.27. The smallest absolute Gasteiger partial charge is 0.0908 e. The van der Waals surface area contributed by atoms with Crippen LogP contribution in [0, 0.1) is 0 Å². The third kappa shape index (κ3) is 2.60. The lowest BCUT2D eigenvalue weighted by molar-refractivity contribution is 0.121. The van der Waals surface area contributed by atoms with E-state index in [0.717, 1.165) is 63.6 Å². The molecular formula is C16H20N4O2. The Morgan fingerprint density at radius 1 is 0.682 bits per heavy atom. The summed E-state index contributed by atoms with van der Waals surface area (Å²) in [5.74, 6) is 0. The molecule has 2 aromatic rings. The van der Waals surface area contributed by atoms with Gasteiger partial charge in [-0.25, -0.2) is 0 Å². The molecular weight excluding hydrogens is 280 g/mol. The van der Waals surface area contributed by atoms with Gasteiger partial charge in [0, 0.05) is 38.6 Å². The zero-order valence-corrected chi connectivity index (χ0v) is 12.6. The number of fused-ring (bicyclic) bond motifs is 1. The van der Waals surface area contributed by atoms with Crippen molar-refractivity contribution >= 4 is 22.4 Å². The summed E-state index contributed by atoms with van der Waals surface area (Å²) >= 11 is 0. The van der Waals surface area contributed by atoms with Crippen LogP contribution in [0.3, 0.4) is 0 Å². The molecule has 0 N–H and O–H groups in total. The van der Waals surface area contributed by atoms with Gasteiger partial charge in [-0.1, -0.05) is 0 Å². The fraction of sp³-hybridized carbons (Fsp3) is 0.500. The molecule has 0 radical (unpaired) electrons. The molecule has 0 amide bonds. The summed E-state index contributed by atoms with van der Waals surface area (Å²) in [5, 5.41) is 0. The predicted octanol–water partition coefficient (Wildman–Crippen LogP) is 1.30. The lowest BCUT2D eigenvalue weighted by Crippen LogP contribution is -2.40. The maximum atomic E-state index is 5.49. The van der Waals surface area contributed by atoms with Crippen molar-refractivity contribution in [3.8, 4) is 0 Å². The Kier molecular flexibility index (Phi) is 3.78. The van der Waals surface area contributed by atoms with Crippen molar-refractivity contribution < 1.29 is 9.47 Å². The second-order valence-corrected chi connectivity index (χ2v) is 5.58. The van der Waals surface area contributed by atoms with Crippen molar-refractivity contribution in [2.45, 2.75) is 0 Å². The Hall–Kier alpha value is -1.92. The number of benzene rings is 1. The molecule has 2 aliphatic rings. The van der Waals surface area contributed by atoms with Crippen LogP contribution in [0.5, 0.6) is 0 Å². The number of aromatic nitrogens is 2. The van der Waals surface area contributed by atoms with E-state index in [2.05, 4.69) is 31.9 Å². The number of anilines is 2. The molecule has 0 atom stereocenters. The molecule has 1 aromatic carbocycles. The standard InChI is InChI=1S/C16H20N4O2/c1-2-18-14-12-16(20-5-9-22-10-6-20)15(11-13(14)17-1)19-3-7-21-8-4-19/h1-2,11-12H,3-10H2. The Morgan fingerprint density at radius 3 is 1.50 bits per heavy atom. The summed E-state index contributed by atoms with van der Waals surface area (Å²) in [4.78, 5) is 13.7. The number of rotatable bonds is 2. The molecule has 2 saturated heterocycles. The molecule has 0 spiro atoms. The van der Waals surface area contributed by atoms with E-state index in [1.54, 1.807) is 12.4 Å². The van der Waals surface area contributed by atoms with E-state index < -0.39 is 0 Å². The van der Waals surface area contributed by atoms with Gasteiger partial charge in [-0.05, 0) is 12.1 Å². The zero-order valence-electron chi connectivity index (χ0n) is 12.6. The molecule has 0 aliphatic carbocycles. The lowest BCUT2D eigenvalue weighted by Gasteiger charge is -2.36. The zero-order chi connectivity index (χ0) is 14.8. The largest absolute Gasteiger partial charge is 0.378 e. The van der Waals surface area contributed by atoms with Crippen molar-refractivity contribution in [2.75, 3.05) is 62.4 Å². The van der Waals surface area contributed by atoms with Crippen LogP contribution in [0.2, 0.25) is 0 Å². The maximum Gasteiger partial charge on any atom is 0.0908 e. The number of nitrogens with zero attached hydrogens (tertiary/aromatic N) is 4. The number of ether oxygens (including phenoxy) is 2. The van der Waals surface area contributed by atoms with E-state index in [9.17, 15) is 0 Å². The van der Waals surface area contributed by atoms with E-state index in [0.29, 0.717) is 0 Å². The SMILES string of the molecule is c1cnc2cc(N3CCOCC3)c(N3CCOCC3)cc2n1. The maximum absolute atomic E-state index is 5.49. The van der Waals surface area contributed by atoms with Crippen LogP contribution in [-0.2, 0) is 9.47 Å². The minimum atomic E-state index is 0.779. The highest BCUT2D eigenvalue weighted by atomic mass is 16.5. The number of hydrogen-bond donors (Lipinski definition) is 0.